The number of rotatable bonds is 4. The number of nitrogens with one attached hydrogen (secondary N) is 1. The molecule has 2 atom stereocenters. The minimum Gasteiger partial charge on any atom is -0.316 e. The summed E-state index contributed by atoms with van der Waals surface area (Å²) in [7, 11) is 0. The Morgan fingerprint density at radius 3 is 2.38 bits per heavy atom. The predicted molar refractivity (Wildman–Crippen MR) is 130 cm³/mol. The molecule has 1 aromatic carbocycles. The average molecular weight is 483 g/mol. The van der Waals surface area contributed by atoms with Crippen LogP contribution in [0, 0.1) is 11.7 Å². The lowest BCUT2D eigenvalue weighted by Crippen LogP contribution is -2.45. The number of piperidine rings is 1. The van der Waals surface area contributed by atoms with Crippen molar-refractivity contribution in [3.05, 3.63) is 69.4 Å². The van der Waals surface area contributed by atoms with Gasteiger partial charge < -0.3 is 9.88 Å². The van der Waals surface area contributed by atoms with Crippen molar-refractivity contribution < 1.29 is 4.39 Å². The molecule has 176 valence electrons. The summed E-state index contributed by atoms with van der Waals surface area (Å²) in [6.07, 6.45) is 2.30. The van der Waals surface area contributed by atoms with Crippen LogP contribution in [-0.2, 0) is 19.6 Å². The lowest BCUT2D eigenvalue weighted by molar-refractivity contribution is 0.241. The van der Waals surface area contributed by atoms with Crippen molar-refractivity contribution in [2.45, 2.75) is 38.4 Å². The zero-order chi connectivity index (χ0) is 20.5. The van der Waals surface area contributed by atoms with Gasteiger partial charge in [-0.2, -0.15) is 0 Å². The molecule has 4 heterocycles. The maximum Gasteiger partial charge on any atom is 0.255 e. The molecule has 3 aliphatic heterocycles. The standard InChI is InChI=1S/C24H31FN4O.2ClH/c25-22-5-2-18(3-6-22)15-27-8-1-9-28(11-10-27)17-20-4-7-23-21-12-19(13-26-14-21)16-29(23)24(20)30;;/h2-7,19,21,26H,1,8-17H2;2*1H/t19-,21+;;/m0../s1. The second-order valence-corrected chi connectivity index (χ2v) is 9.19. The Morgan fingerprint density at radius 2 is 1.62 bits per heavy atom. The van der Waals surface area contributed by atoms with Crippen LogP contribution in [0.3, 0.4) is 0 Å². The second-order valence-electron chi connectivity index (χ2n) is 9.19. The number of nitrogens with zero attached hydrogens (tertiary/aromatic N) is 3. The Labute approximate surface area is 201 Å². The SMILES string of the molecule is Cl.Cl.O=c1c(CN2CCCN(Cc3ccc(F)cc3)CC2)ccc2n1C[C@@H]1CNC[C@H]2C1. The molecule has 8 heteroatoms. The number of hydrogen-bond donors (Lipinski definition) is 1. The molecule has 3 aliphatic rings. The number of fused-ring (bicyclic) bond motifs is 4. The lowest BCUT2D eigenvalue weighted by atomic mass is 9.84. The van der Waals surface area contributed by atoms with Crippen molar-refractivity contribution in [2.75, 3.05) is 39.3 Å². The van der Waals surface area contributed by atoms with Crippen molar-refractivity contribution >= 4 is 24.8 Å². The molecule has 2 aromatic rings. The Morgan fingerprint density at radius 1 is 0.906 bits per heavy atom. The first-order chi connectivity index (χ1) is 14.7. The summed E-state index contributed by atoms with van der Waals surface area (Å²) in [5.41, 5.74) is 3.52. The van der Waals surface area contributed by atoms with Gasteiger partial charge in [0.25, 0.3) is 5.56 Å². The van der Waals surface area contributed by atoms with E-state index in [0.717, 1.165) is 76.5 Å². The predicted octanol–water partition coefficient (Wildman–Crippen LogP) is 3.25. The van der Waals surface area contributed by atoms with Crippen LogP contribution in [-0.4, -0.2) is 53.6 Å². The zero-order valence-corrected chi connectivity index (χ0v) is 20.0. The van der Waals surface area contributed by atoms with Crippen LogP contribution in [0.15, 0.2) is 41.2 Å². The highest BCUT2D eigenvalue weighted by Gasteiger charge is 2.31. The maximum atomic E-state index is 13.2. The van der Waals surface area contributed by atoms with Gasteiger partial charge in [0.05, 0.1) is 0 Å². The van der Waals surface area contributed by atoms with Crippen molar-refractivity contribution in [1.82, 2.24) is 19.7 Å². The van der Waals surface area contributed by atoms with Gasteiger partial charge in [0.2, 0.25) is 0 Å². The van der Waals surface area contributed by atoms with Gasteiger partial charge in [-0.1, -0.05) is 18.2 Å². The zero-order valence-electron chi connectivity index (χ0n) is 18.3. The molecule has 5 nitrogen and oxygen atoms in total. The summed E-state index contributed by atoms with van der Waals surface area (Å²) in [5, 5.41) is 3.51. The van der Waals surface area contributed by atoms with E-state index in [1.54, 1.807) is 0 Å². The van der Waals surface area contributed by atoms with Crippen molar-refractivity contribution in [1.29, 1.82) is 0 Å². The molecule has 2 bridgehead atoms. The summed E-state index contributed by atoms with van der Waals surface area (Å²) in [5.74, 6) is 0.886. The minimum absolute atomic E-state index is 0. The first-order valence-corrected chi connectivity index (χ1v) is 11.3. The molecule has 1 N–H and O–H groups in total. The summed E-state index contributed by atoms with van der Waals surface area (Å²) in [4.78, 5) is 18.1. The molecule has 1 aromatic heterocycles. The summed E-state index contributed by atoms with van der Waals surface area (Å²) in [6, 6.07) is 11.1. The molecule has 0 spiro atoms. The van der Waals surface area contributed by atoms with Crippen LogP contribution in [0.4, 0.5) is 4.39 Å². The Bertz CT molecular complexity index is 952. The fourth-order valence-electron chi connectivity index (χ4n) is 5.39. The molecule has 0 saturated carbocycles. The van der Waals surface area contributed by atoms with Gasteiger partial charge in [-0.05, 0) is 62.2 Å². The topological polar surface area (TPSA) is 40.5 Å². The number of hydrogen-bond acceptors (Lipinski definition) is 4. The van der Waals surface area contributed by atoms with E-state index in [4.69, 9.17) is 0 Å². The van der Waals surface area contributed by atoms with Crippen LogP contribution in [0.2, 0.25) is 0 Å². The quantitative estimate of drug-likeness (QED) is 0.725. The van der Waals surface area contributed by atoms with Gasteiger partial charge in [0.15, 0.2) is 0 Å². The molecule has 5 rings (SSSR count). The third kappa shape index (κ3) is 5.54. The van der Waals surface area contributed by atoms with Gasteiger partial charge in [-0.15, -0.1) is 24.8 Å². The van der Waals surface area contributed by atoms with E-state index < -0.39 is 0 Å². The number of halogens is 3. The van der Waals surface area contributed by atoms with Gasteiger partial charge in [0.1, 0.15) is 5.82 Å². The van der Waals surface area contributed by atoms with Crippen molar-refractivity contribution in [2.24, 2.45) is 5.92 Å². The Balaban J connectivity index is 0.00000144. The second kappa shape index (κ2) is 11.1. The highest BCUT2D eigenvalue weighted by Crippen LogP contribution is 2.31. The van der Waals surface area contributed by atoms with E-state index in [9.17, 15) is 9.18 Å². The highest BCUT2D eigenvalue weighted by molar-refractivity contribution is 5.85. The minimum atomic E-state index is -0.183. The fourth-order valence-corrected chi connectivity index (χ4v) is 5.39. The molecule has 0 amide bonds. The lowest BCUT2D eigenvalue weighted by Gasteiger charge is -2.37. The number of pyridine rings is 1. The van der Waals surface area contributed by atoms with Gasteiger partial charge in [-0.3, -0.25) is 14.6 Å². The monoisotopic (exact) mass is 482 g/mol. The van der Waals surface area contributed by atoms with Crippen LogP contribution < -0.4 is 10.9 Å². The fraction of sp³-hybridized carbons (Fsp3) is 0.542. The van der Waals surface area contributed by atoms with Crippen LogP contribution in [0.25, 0.3) is 0 Å². The summed E-state index contributed by atoms with van der Waals surface area (Å²) in [6.45, 7) is 8.44. The van der Waals surface area contributed by atoms with E-state index in [2.05, 4.69) is 31.8 Å². The normalized spacial score (nSPS) is 23.4. The van der Waals surface area contributed by atoms with Gasteiger partial charge in [0, 0.05) is 56.4 Å². The van der Waals surface area contributed by atoms with E-state index in [1.165, 1.54) is 24.2 Å². The first kappa shape index (κ1) is 25.2. The molecular formula is C24H33Cl2FN4O. The molecule has 0 unspecified atom stereocenters. The third-order valence-corrected chi connectivity index (χ3v) is 6.98. The molecule has 32 heavy (non-hydrogen) atoms. The number of benzene rings is 1. The molecule has 0 radical (unpaired) electrons. The molecule has 2 fully saturated rings. The summed E-state index contributed by atoms with van der Waals surface area (Å²) >= 11 is 0. The van der Waals surface area contributed by atoms with Crippen molar-refractivity contribution in [3.8, 4) is 0 Å². The van der Waals surface area contributed by atoms with Crippen LogP contribution in [0.5, 0.6) is 0 Å². The summed E-state index contributed by atoms with van der Waals surface area (Å²) < 4.78 is 15.2. The molecular weight excluding hydrogens is 450 g/mol. The Hall–Kier alpha value is -1.44. The number of aromatic nitrogens is 1. The molecule has 0 aliphatic carbocycles. The van der Waals surface area contributed by atoms with Crippen LogP contribution in [0.1, 0.15) is 35.6 Å². The smallest absolute Gasteiger partial charge is 0.255 e. The van der Waals surface area contributed by atoms with Crippen molar-refractivity contribution in [3.63, 3.8) is 0 Å². The maximum absolute atomic E-state index is 13.2. The van der Waals surface area contributed by atoms with E-state index >= 15 is 0 Å². The first-order valence-electron chi connectivity index (χ1n) is 11.3. The Kier molecular flexibility index (Phi) is 8.75. The highest BCUT2D eigenvalue weighted by atomic mass is 35.5. The third-order valence-electron chi connectivity index (χ3n) is 6.98. The molecule has 2 saturated heterocycles. The average Bonchev–Trinajstić information content (AvgIpc) is 2.97. The largest absolute Gasteiger partial charge is 0.316 e. The van der Waals surface area contributed by atoms with E-state index in [0.29, 0.717) is 11.8 Å². The van der Waals surface area contributed by atoms with E-state index in [-0.39, 0.29) is 36.2 Å². The van der Waals surface area contributed by atoms with Gasteiger partial charge >= 0.3 is 0 Å². The van der Waals surface area contributed by atoms with Crippen LogP contribution >= 0.6 is 24.8 Å². The van der Waals surface area contributed by atoms with E-state index in [1.807, 2.05) is 12.1 Å². The van der Waals surface area contributed by atoms with Gasteiger partial charge in [-0.25, -0.2) is 4.39 Å².